The third kappa shape index (κ3) is 10.1. The summed E-state index contributed by atoms with van der Waals surface area (Å²) < 4.78 is 0. The van der Waals surface area contributed by atoms with Crippen molar-refractivity contribution in [2.45, 2.75) is 25.7 Å². The largest absolute Gasteiger partial charge is 0.127 e. The maximum Gasteiger partial charge on any atom is 0.0226 e. The fourth-order valence-corrected chi connectivity index (χ4v) is 1.05. The second kappa shape index (κ2) is 11.1. The zero-order valence-electron chi connectivity index (χ0n) is 7.31. The van der Waals surface area contributed by atoms with Crippen LogP contribution in [0.15, 0.2) is 24.3 Å². The molecule has 0 aliphatic rings. The molecular formula is C10H16Cl2. The minimum Gasteiger partial charge on any atom is -0.127 e. The topological polar surface area (TPSA) is 0 Å². The van der Waals surface area contributed by atoms with Gasteiger partial charge in [-0.25, -0.2) is 0 Å². The minimum absolute atomic E-state index is 0.750. The summed E-state index contributed by atoms with van der Waals surface area (Å²) in [5.41, 5.74) is 0. The minimum atomic E-state index is 0.750. The molecule has 0 unspecified atom stereocenters. The molecule has 0 nitrogen and oxygen atoms in total. The van der Waals surface area contributed by atoms with Gasteiger partial charge in [0.25, 0.3) is 0 Å². The summed E-state index contributed by atoms with van der Waals surface area (Å²) in [6, 6.07) is 0. The average Bonchev–Trinajstić information content (AvgIpc) is 2.10. The van der Waals surface area contributed by atoms with Crippen LogP contribution in [0.5, 0.6) is 0 Å². The van der Waals surface area contributed by atoms with Crippen molar-refractivity contribution in [1.82, 2.24) is 0 Å². The molecule has 0 saturated carbocycles. The molecule has 12 heavy (non-hydrogen) atoms. The Balaban J connectivity index is 3.15. The van der Waals surface area contributed by atoms with E-state index in [0.29, 0.717) is 0 Å². The van der Waals surface area contributed by atoms with Crippen molar-refractivity contribution in [3.8, 4) is 0 Å². The molecule has 70 valence electrons. The van der Waals surface area contributed by atoms with Gasteiger partial charge in [-0.15, -0.1) is 23.2 Å². The Morgan fingerprint density at radius 1 is 0.750 bits per heavy atom. The van der Waals surface area contributed by atoms with Crippen LogP contribution in [0.2, 0.25) is 0 Å². The van der Waals surface area contributed by atoms with E-state index >= 15 is 0 Å². The molecule has 0 fully saturated rings. The van der Waals surface area contributed by atoms with E-state index in [1.165, 1.54) is 0 Å². The fraction of sp³-hybridized carbons (Fsp3) is 0.600. The summed E-state index contributed by atoms with van der Waals surface area (Å²) in [5.74, 6) is 1.50. The molecule has 0 aliphatic heterocycles. The first-order valence-electron chi connectivity index (χ1n) is 4.35. The second-order valence-electron chi connectivity index (χ2n) is 2.52. The van der Waals surface area contributed by atoms with E-state index in [0.717, 1.165) is 37.4 Å². The number of rotatable bonds is 7. The van der Waals surface area contributed by atoms with Crippen molar-refractivity contribution >= 4 is 23.2 Å². The van der Waals surface area contributed by atoms with E-state index in [4.69, 9.17) is 23.2 Å². The van der Waals surface area contributed by atoms with Gasteiger partial charge in [0.2, 0.25) is 0 Å². The van der Waals surface area contributed by atoms with Crippen molar-refractivity contribution in [3.63, 3.8) is 0 Å². The summed E-state index contributed by atoms with van der Waals surface area (Å²) in [6.07, 6.45) is 12.7. The lowest BCUT2D eigenvalue weighted by Gasteiger charge is -1.86. The van der Waals surface area contributed by atoms with Gasteiger partial charge in [0.05, 0.1) is 0 Å². The van der Waals surface area contributed by atoms with E-state index in [1.807, 2.05) is 0 Å². The van der Waals surface area contributed by atoms with Crippen LogP contribution in [-0.2, 0) is 0 Å². The molecule has 0 N–H and O–H groups in total. The highest BCUT2D eigenvalue weighted by atomic mass is 35.5. The van der Waals surface area contributed by atoms with E-state index in [1.54, 1.807) is 0 Å². The van der Waals surface area contributed by atoms with Gasteiger partial charge in [-0.05, 0) is 25.7 Å². The van der Waals surface area contributed by atoms with Crippen molar-refractivity contribution in [2.24, 2.45) is 0 Å². The fourth-order valence-electron chi connectivity index (χ4n) is 0.740. The van der Waals surface area contributed by atoms with Crippen LogP contribution < -0.4 is 0 Å². The van der Waals surface area contributed by atoms with Crippen LogP contribution in [0.4, 0.5) is 0 Å². The molecule has 0 saturated heterocycles. The maximum absolute atomic E-state index is 5.52. The first-order valence-corrected chi connectivity index (χ1v) is 5.42. The van der Waals surface area contributed by atoms with Crippen molar-refractivity contribution in [2.75, 3.05) is 11.8 Å². The Kier molecular flexibility index (Phi) is 11.1. The molecule has 0 amide bonds. The SMILES string of the molecule is ClCCC/C=C/C=C/CCCCl. The summed E-state index contributed by atoms with van der Waals surface area (Å²) in [4.78, 5) is 0. The zero-order chi connectivity index (χ0) is 9.07. The molecule has 0 aromatic carbocycles. The lowest BCUT2D eigenvalue weighted by molar-refractivity contribution is 0.961. The van der Waals surface area contributed by atoms with Crippen LogP contribution in [0.1, 0.15) is 25.7 Å². The molecule has 0 spiro atoms. The summed E-state index contributed by atoms with van der Waals surface area (Å²) >= 11 is 11.0. The van der Waals surface area contributed by atoms with Crippen LogP contribution >= 0.6 is 23.2 Å². The predicted molar refractivity (Wildman–Crippen MR) is 58.2 cm³/mol. The highest BCUT2D eigenvalue weighted by Gasteiger charge is 1.78. The molecule has 2 heteroatoms. The molecule has 0 bridgehead atoms. The molecule has 0 aliphatic carbocycles. The highest BCUT2D eigenvalue weighted by Crippen LogP contribution is 1.96. The average molecular weight is 207 g/mol. The van der Waals surface area contributed by atoms with Crippen LogP contribution in [0, 0.1) is 0 Å². The number of halogens is 2. The maximum atomic E-state index is 5.52. The van der Waals surface area contributed by atoms with E-state index in [-0.39, 0.29) is 0 Å². The van der Waals surface area contributed by atoms with E-state index < -0.39 is 0 Å². The molecule has 0 heterocycles. The quantitative estimate of drug-likeness (QED) is 0.334. The molecule has 0 rings (SSSR count). The van der Waals surface area contributed by atoms with Crippen molar-refractivity contribution < 1.29 is 0 Å². The van der Waals surface area contributed by atoms with Crippen LogP contribution in [0.3, 0.4) is 0 Å². The van der Waals surface area contributed by atoms with E-state index in [2.05, 4.69) is 24.3 Å². The van der Waals surface area contributed by atoms with Gasteiger partial charge in [0, 0.05) is 11.8 Å². The van der Waals surface area contributed by atoms with Gasteiger partial charge in [-0.1, -0.05) is 24.3 Å². The smallest absolute Gasteiger partial charge is 0.0226 e. The summed E-state index contributed by atoms with van der Waals surface area (Å²) in [5, 5.41) is 0. The third-order valence-electron chi connectivity index (χ3n) is 1.39. The Morgan fingerprint density at radius 2 is 1.17 bits per heavy atom. The van der Waals surface area contributed by atoms with Gasteiger partial charge in [-0.2, -0.15) is 0 Å². The van der Waals surface area contributed by atoms with Crippen LogP contribution in [-0.4, -0.2) is 11.8 Å². The van der Waals surface area contributed by atoms with Crippen LogP contribution in [0.25, 0.3) is 0 Å². The van der Waals surface area contributed by atoms with Gasteiger partial charge in [-0.3, -0.25) is 0 Å². The number of alkyl halides is 2. The van der Waals surface area contributed by atoms with Gasteiger partial charge in [0.15, 0.2) is 0 Å². The number of unbranched alkanes of at least 4 members (excludes halogenated alkanes) is 2. The number of hydrogen-bond donors (Lipinski definition) is 0. The predicted octanol–water partition coefficient (Wildman–Crippen LogP) is 4.14. The Hall–Kier alpha value is 0.0600. The third-order valence-corrected chi connectivity index (χ3v) is 1.93. The lowest BCUT2D eigenvalue weighted by Crippen LogP contribution is -1.71. The van der Waals surface area contributed by atoms with Gasteiger partial charge < -0.3 is 0 Å². The first kappa shape index (κ1) is 12.1. The standard InChI is InChI=1S/C10H16Cl2/c11-9-7-5-3-1-2-4-6-8-10-12/h1-4H,5-10H2/b3-1+,4-2+. The van der Waals surface area contributed by atoms with Gasteiger partial charge >= 0.3 is 0 Å². The normalized spacial score (nSPS) is 11.8. The Bertz CT molecular complexity index is 112. The van der Waals surface area contributed by atoms with Crippen molar-refractivity contribution in [3.05, 3.63) is 24.3 Å². The lowest BCUT2D eigenvalue weighted by atomic mass is 10.3. The number of hydrogen-bond acceptors (Lipinski definition) is 0. The van der Waals surface area contributed by atoms with Gasteiger partial charge in [0.1, 0.15) is 0 Å². The molecular weight excluding hydrogens is 191 g/mol. The first-order chi connectivity index (χ1) is 5.91. The van der Waals surface area contributed by atoms with Crippen molar-refractivity contribution in [1.29, 1.82) is 0 Å². The molecule has 0 aromatic heterocycles. The number of allylic oxidation sites excluding steroid dienone is 4. The Labute approximate surface area is 85.3 Å². The molecule has 0 atom stereocenters. The monoisotopic (exact) mass is 206 g/mol. The summed E-state index contributed by atoms with van der Waals surface area (Å²) in [7, 11) is 0. The second-order valence-corrected chi connectivity index (χ2v) is 3.27. The zero-order valence-corrected chi connectivity index (χ0v) is 8.82. The molecule has 0 aromatic rings. The Morgan fingerprint density at radius 3 is 1.50 bits per heavy atom. The summed E-state index contributed by atoms with van der Waals surface area (Å²) in [6.45, 7) is 0. The van der Waals surface area contributed by atoms with E-state index in [9.17, 15) is 0 Å². The molecule has 0 radical (unpaired) electrons. The highest BCUT2D eigenvalue weighted by molar-refractivity contribution is 6.18.